The first-order valence-electron chi connectivity index (χ1n) is 12.7. The van der Waals surface area contributed by atoms with Crippen molar-refractivity contribution in [1.29, 1.82) is 0 Å². The Morgan fingerprint density at radius 2 is 1.69 bits per heavy atom. The third-order valence-corrected chi connectivity index (χ3v) is 5.79. The van der Waals surface area contributed by atoms with Crippen LogP contribution in [0.3, 0.4) is 0 Å². The fourth-order valence-electron chi connectivity index (χ4n) is 3.79. The van der Waals surface area contributed by atoms with Crippen LogP contribution < -0.4 is 14.8 Å². The number of hydrogen-bond donors (Lipinski definition) is 2. The lowest BCUT2D eigenvalue weighted by molar-refractivity contribution is -0.149. The number of unbranched alkanes of at least 4 members (excludes halogenated alkanes) is 4. The van der Waals surface area contributed by atoms with Crippen molar-refractivity contribution < 1.29 is 28.9 Å². The summed E-state index contributed by atoms with van der Waals surface area (Å²) in [5.74, 6) is 0.299. The van der Waals surface area contributed by atoms with Crippen molar-refractivity contribution in [2.75, 3.05) is 38.7 Å². The SMILES string of the molecule is CCCCCCCN(CCOc1ccc(CC(OCC)C(=O)O)cc1)C(=O)Nc1ccccc1OC. The summed E-state index contributed by atoms with van der Waals surface area (Å²) in [6.45, 7) is 5.71. The number of carboxylic acid groups (broad SMARTS) is 1. The average Bonchev–Trinajstić information content (AvgIpc) is 2.88. The number of anilines is 1. The van der Waals surface area contributed by atoms with Crippen LogP contribution in [0.25, 0.3) is 0 Å². The van der Waals surface area contributed by atoms with Crippen LogP contribution in [0.1, 0.15) is 51.5 Å². The van der Waals surface area contributed by atoms with Crippen molar-refractivity contribution in [3.63, 3.8) is 0 Å². The van der Waals surface area contributed by atoms with Crippen molar-refractivity contribution in [2.24, 2.45) is 0 Å². The molecule has 0 aromatic heterocycles. The molecule has 36 heavy (non-hydrogen) atoms. The van der Waals surface area contributed by atoms with Gasteiger partial charge >= 0.3 is 12.0 Å². The average molecular weight is 501 g/mol. The number of para-hydroxylation sites is 2. The van der Waals surface area contributed by atoms with Crippen LogP contribution in [0.4, 0.5) is 10.5 Å². The highest BCUT2D eigenvalue weighted by atomic mass is 16.5. The molecule has 2 N–H and O–H groups in total. The van der Waals surface area contributed by atoms with Crippen LogP contribution >= 0.6 is 0 Å². The molecule has 0 spiro atoms. The molecule has 0 aliphatic carbocycles. The number of urea groups is 1. The molecule has 2 aromatic rings. The Morgan fingerprint density at radius 1 is 0.972 bits per heavy atom. The van der Waals surface area contributed by atoms with Gasteiger partial charge in [0.25, 0.3) is 0 Å². The molecule has 8 heteroatoms. The number of aliphatic carboxylic acids is 1. The number of rotatable bonds is 17. The quantitative estimate of drug-likeness (QED) is 0.274. The van der Waals surface area contributed by atoms with Crippen LogP contribution in [0, 0.1) is 0 Å². The van der Waals surface area contributed by atoms with E-state index in [1.54, 1.807) is 18.9 Å². The Kier molecular flexibility index (Phi) is 13.2. The van der Waals surface area contributed by atoms with Gasteiger partial charge in [-0.1, -0.05) is 56.9 Å². The molecular weight excluding hydrogens is 460 g/mol. The molecule has 1 unspecified atom stereocenters. The molecule has 0 radical (unpaired) electrons. The van der Waals surface area contributed by atoms with Gasteiger partial charge < -0.3 is 29.5 Å². The van der Waals surface area contributed by atoms with Gasteiger partial charge in [-0.3, -0.25) is 0 Å². The zero-order valence-corrected chi connectivity index (χ0v) is 21.7. The van der Waals surface area contributed by atoms with Crippen molar-refractivity contribution in [3.8, 4) is 11.5 Å². The van der Waals surface area contributed by atoms with Crippen molar-refractivity contribution in [1.82, 2.24) is 4.90 Å². The third kappa shape index (κ3) is 10.2. The monoisotopic (exact) mass is 500 g/mol. The minimum absolute atomic E-state index is 0.190. The standard InChI is InChI=1S/C28H40N2O6/c1-4-6-7-8-11-18-30(28(33)29-24-12-9-10-13-25(24)34-3)19-20-36-23-16-14-22(15-17-23)21-26(27(31)32)35-5-2/h9-10,12-17,26H,4-8,11,18-21H2,1-3H3,(H,29,33)(H,31,32). The summed E-state index contributed by atoms with van der Waals surface area (Å²) in [7, 11) is 1.58. The van der Waals surface area contributed by atoms with Gasteiger partial charge in [0.05, 0.1) is 19.3 Å². The Labute approximate surface area is 214 Å². The molecule has 2 aromatic carbocycles. The van der Waals surface area contributed by atoms with Gasteiger partial charge in [-0.25, -0.2) is 9.59 Å². The van der Waals surface area contributed by atoms with Gasteiger partial charge in [0, 0.05) is 19.6 Å². The van der Waals surface area contributed by atoms with Crippen molar-refractivity contribution in [3.05, 3.63) is 54.1 Å². The zero-order valence-electron chi connectivity index (χ0n) is 21.7. The van der Waals surface area contributed by atoms with Crippen molar-refractivity contribution in [2.45, 2.75) is 58.5 Å². The summed E-state index contributed by atoms with van der Waals surface area (Å²) in [5.41, 5.74) is 1.48. The lowest BCUT2D eigenvalue weighted by Crippen LogP contribution is -2.38. The molecule has 0 aliphatic rings. The first kappa shape index (κ1) is 29.0. The zero-order chi connectivity index (χ0) is 26.2. The molecule has 0 aliphatic heterocycles. The highest BCUT2D eigenvalue weighted by Gasteiger charge is 2.18. The van der Waals surface area contributed by atoms with Gasteiger partial charge in [-0.2, -0.15) is 0 Å². The summed E-state index contributed by atoms with van der Waals surface area (Å²) in [6, 6.07) is 14.4. The number of carboxylic acids is 1. The second-order valence-electron chi connectivity index (χ2n) is 8.51. The molecule has 1 atom stereocenters. The van der Waals surface area contributed by atoms with Crippen LogP contribution in [0.2, 0.25) is 0 Å². The Hall–Kier alpha value is -3.26. The van der Waals surface area contributed by atoms with Gasteiger partial charge in [0.15, 0.2) is 6.10 Å². The molecule has 0 fully saturated rings. The van der Waals surface area contributed by atoms with Crippen LogP contribution in [0.15, 0.2) is 48.5 Å². The minimum Gasteiger partial charge on any atom is -0.495 e. The van der Waals surface area contributed by atoms with E-state index >= 15 is 0 Å². The van der Waals surface area contributed by atoms with E-state index in [0.717, 1.165) is 24.8 Å². The number of hydrogen-bond acceptors (Lipinski definition) is 5. The molecule has 2 rings (SSSR count). The number of carbonyl (C=O) groups excluding carboxylic acids is 1. The van der Waals surface area contributed by atoms with E-state index in [9.17, 15) is 14.7 Å². The van der Waals surface area contributed by atoms with E-state index in [1.165, 1.54) is 12.8 Å². The number of benzene rings is 2. The summed E-state index contributed by atoms with van der Waals surface area (Å²) in [6.07, 6.45) is 4.96. The number of nitrogens with zero attached hydrogens (tertiary/aromatic N) is 1. The maximum Gasteiger partial charge on any atom is 0.333 e. The molecule has 0 bridgehead atoms. The predicted molar refractivity (Wildman–Crippen MR) is 141 cm³/mol. The molecular formula is C28H40N2O6. The fourth-order valence-corrected chi connectivity index (χ4v) is 3.79. The van der Waals surface area contributed by atoms with Gasteiger partial charge in [-0.05, 0) is 43.2 Å². The summed E-state index contributed by atoms with van der Waals surface area (Å²) in [4.78, 5) is 26.1. The van der Waals surface area contributed by atoms with Gasteiger partial charge in [-0.15, -0.1) is 0 Å². The molecule has 0 saturated heterocycles. The molecule has 198 valence electrons. The maximum absolute atomic E-state index is 13.0. The lowest BCUT2D eigenvalue weighted by Gasteiger charge is -2.24. The van der Waals surface area contributed by atoms with E-state index in [2.05, 4.69) is 12.2 Å². The van der Waals surface area contributed by atoms with Crippen molar-refractivity contribution >= 4 is 17.7 Å². The van der Waals surface area contributed by atoms with Gasteiger partial charge in [0.2, 0.25) is 0 Å². The Balaban J connectivity index is 1.93. The molecule has 0 heterocycles. The van der Waals surface area contributed by atoms with Crippen LogP contribution in [-0.4, -0.2) is 61.5 Å². The summed E-state index contributed by atoms with van der Waals surface area (Å²) >= 11 is 0. The topological polar surface area (TPSA) is 97.3 Å². The predicted octanol–water partition coefficient (Wildman–Crippen LogP) is 5.61. The maximum atomic E-state index is 13.0. The lowest BCUT2D eigenvalue weighted by atomic mass is 10.1. The molecule has 8 nitrogen and oxygen atoms in total. The second kappa shape index (κ2) is 16.4. The Bertz CT molecular complexity index is 919. The van der Waals surface area contributed by atoms with Crippen LogP contribution in [-0.2, 0) is 16.0 Å². The van der Waals surface area contributed by atoms with E-state index in [-0.39, 0.29) is 6.03 Å². The number of ether oxygens (including phenoxy) is 3. The molecule has 2 amide bonds. The first-order valence-corrected chi connectivity index (χ1v) is 12.7. The first-order chi connectivity index (χ1) is 17.5. The minimum atomic E-state index is -0.974. The number of carbonyl (C=O) groups is 2. The van der Waals surface area contributed by atoms with E-state index in [1.807, 2.05) is 48.5 Å². The summed E-state index contributed by atoms with van der Waals surface area (Å²) < 4.78 is 16.5. The fraction of sp³-hybridized carbons (Fsp3) is 0.500. The largest absolute Gasteiger partial charge is 0.495 e. The van der Waals surface area contributed by atoms with E-state index < -0.39 is 12.1 Å². The summed E-state index contributed by atoms with van der Waals surface area (Å²) in [5, 5.41) is 12.2. The Morgan fingerprint density at radius 3 is 2.36 bits per heavy atom. The van der Waals surface area contributed by atoms with E-state index in [4.69, 9.17) is 14.2 Å². The smallest absolute Gasteiger partial charge is 0.333 e. The number of nitrogens with one attached hydrogen (secondary N) is 1. The highest BCUT2D eigenvalue weighted by molar-refractivity contribution is 5.91. The third-order valence-electron chi connectivity index (χ3n) is 5.79. The normalized spacial score (nSPS) is 11.5. The highest BCUT2D eigenvalue weighted by Crippen LogP contribution is 2.23. The number of methoxy groups -OCH3 is 1. The van der Waals surface area contributed by atoms with Crippen LogP contribution in [0.5, 0.6) is 11.5 Å². The number of amides is 2. The second-order valence-corrected chi connectivity index (χ2v) is 8.51. The molecule has 0 saturated carbocycles. The van der Waals surface area contributed by atoms with E-state index in [0.29, 0.717) is 49.9 Å². The van der Waals surface area contributed by atoms with Gasteiger partial charge in [0.1, 0.15) is 18.1 Å².